The normalized spacial score (nSPS) is 14.9. The molecule has 18 heavy (non-hydrogen) atoms. The van der Waals surface area contributed by atoms with E-state index in [0.29, 0.717) is 0 Å². The molecule has 0 amide bonds. The number of hydrogen-bond donors (Lipinski definition) is 1. The minimum Gasteiger partial charge on any atom is -0.302 e. The van der Waals surface area contributed by atoms with E-state index in [1.54, 1.807) is 11.8 Å². The summed E-state index contributed by atoms with van der Waals surface area (Å²) in [5, 5.41) is 12.1. The summed E-state index contributed by atoms with van der Waals surface area (Å²) in [7, 11) is 1.83. The van der Waals surface area contributed by atoms with Crippen molar-refractivity contribution in [2.24, 2.45) is 0 Å². The molecule has 0 aliphatic carbocycles. The fourth-order valence-electron chi connectivity index (χ4n) is 1.44. The summed E-state index contributed by atoms with van der Waals surface area (Å²) in [6.45, 7) is 8.55. The van der Waals surface area contributed by atoms with Crippen LogP contribution in [0.25, 0.3) is 0 Å². The van der Waals surface area contributed by atoms with Gasteiger partial charge in [0.15, 0.2) is 0 Å². The zero-order valence-corrected chi connectivity index (χ0v) is 12.7. The number of rotatable bonds is 4. The molecule has 1 atom stereocenters. The first-order valence-electron chi connectivity index (χ1n) is 6.14. The van der Waals surface area contributed by atoms with Crippen LogP contribution in [-0.2, 0) is 5.41 Å². The van der Waals surface area contributed by atoms with Crippen molar-refractivity contribution in [2.45, 2.75) is 43.5 Å². The molecule has 0 saturated heterocycles. The standard InChI is InChI=1S/C15H22N2S/c1-14(2,3)12-6-8-13(9-7-12)18-11-15(4,10-16)17-5/h6-9,17H,11H2,1-5H3. The van der Waals surface area contributed by atoms with E-state index in [2.05, 4.69) is 56.4 Å². The molecule has 0 aromatic heterocycles. The molecule has 2 nitrogen and oxygen atoms in total. The molecule has 0 heterocycles. The summed E-state index contributed by atoms with van der Waals surface area (Å²) < 4.78 is 0. The molecule has 0 aliphatic rings. The molecule has 0 bridgehead atoms. The van der Waals surface area contributed by atoms with Gasteiger partial charge in [-0.25, -0.2) is 0 Å². The van der Waals surface area contributed by atoms with Gasteiger partial charge in [0.2, 0.25) is 0 Å². The zero-order chi connectivity index (χ0) is 13.8. The molecule has 1 N–H and O–H groups in total. The third kappa shape index (κ3) is 4.04. The van der Waals surface area contributed by atoms with Crippen LogP contribution in [-0.4, -0.2) is 18.3 Å². The Labute approximate surface area is 115 Å². The summed E-state index contributed by atoms with van der Waals surface area (Å²) in [5.41, 5.74) is 1.06. The van der Waals surface area contributed by atoms with Crippen molar-refractivity contribution < 1.29 is 0 Å². The summed E-state index contributed by atoms with van der Waals surface area (Å²) >= 11 is 1.71. The van der Waals surface area contributed by atoms with Gasteiger partial charge in [0.05, 0.1) is 6.07 Å². The lowest BCUT2D eigenvalue weighted by atomic mass is 9.87. The average Bonchev–Trinajstić information content (AvgIpc) is 2.35. The van der Waals surface area contributed by atoms with Crippen molar-refractivity contribution in [3.8, 4) is 6.07 Å². The van der Waals surface area contributed by atoms with Crippen molar-refractivity contribution >= 4 is 11.8 Å². The third-order valence-corrected chi connectivity index (χ3v) is 4.37. The summed E-state index contributed by atoms with van der Waals surface area (Å²) in [6.07, 6.45) is 0. The average molecular weight is 262 g/mol. The second-order valence-electron chi connectivity index (χ2n) is 5.76. The second-order valence-corrected chi connectivity index (χ2v) is 6.81. The molecule has 0 spiro atoms. The Morgan fingerprint density at radius 2 is 1.72 bits per heavy atom. The van der Waals surface area contributed by atoms with Crippen LogP contribution >= 0.6 is 11.8 Å². The van der Waals surface area contributed by atoms with Crippen molar-refractivity contribution in [1.29, 1.82) is 5.26 Å². The Bertz CT molecular complexity index is 425. The smallest absolute Gasteiger partial charge is 0.113 e. The van der Waals surface area contributed by atoms with Gasteiger partial charge in [-0.15, -0.1) is 11.8 Å². The van der Waals surface area contributed by atoms with E-state index in [4.69, 9.17) is 5.26 Å². The van der Waals surface area contributed by atoms with E-state index in [0.717, 1.165) is 5.75 Å². The van der Waals surface area contributed by atoms with Gasteiger partial charge in [0.1, 0.15) is 5.54 Å². The predicted octanol–water partition coefficient (Wildman–Crippen LogP) is 3.58. The van der Waals surface area contributed by atoms with E-state index in [-0.39, 0.29) is 5.41 Å². The Kier molecular flexibility index (Phi) is 4.84. The Balaban J connectivity index is 2.69. The number of hydrogen-bond acceptors (Lipinski definition) is 3. The maximum atomic E-state index is 9.09. The quantitative estimate of drug-likeness (QED) is 0.843. The van der Waals surface area contributed by atoms with Gasteiger partial charge in [-0.1, -0.05) is 32.9 Å². The van der Waals surface area contributed by atoms with E-state index < -0.39 is 5.54 Å². The lowest BCUT2D eigenvalue weighted by Crippen LogP contribution is -2.40. The van der Waals surface area contributed by atoms with Crippen LogP contribution in [0.1, 0.15) is 33.3 Å². The molecule has 3 heteroatoms. The fourth-order valence-corrected chi connectivity index (χ4v) is 2.43. The van der Waals surface area contributed by atoms with E-state index in [9.17, 15) is 0 Å². The topological polar surface area (TPSA) is 35.8 Å². The van der Waals surface area contributed by atoms with Crippen LogP contribution in [0.4, 0.5) is 0 Å². The van der Waals surface area contributed by atoms with E-state index >= 15 is 0 Å². The van der Waals surface area contributed by atoms with Crippen LogP contribution in [0.5, 0.6) is 0 Å². The number of nitriles is 1. The maximum Gasteiger partial charge on any atom is 0.113 e. The molecule has 0 aliphatic heterocycles. The predicted molar refractivity (Wildman–Crippen MR) is 78.9 cm³/mol. The Morgan fingerprint density at radius 1 is 1.17 bits per heavy atom. The van der Waals surface area contributed by atoms with Crippen LogP contribution < -0.4 is 5.32 Å². The maximum absolute atomic E-state index is 9.09. The largest absolute Gasteiger partial charge is 0.302 e. The number of thioether (sulfide) groups is 1. The third-order valence-electron chi connectivity index (χ3n) is 3.05. The zero-order valence-electron chi connectivity index (χ0n) is 11.9. The van der Waals surface area contributed by atoms with Gasteiger partial charge in [-0.2, -0.15) is 5.26 Å². The van der Waals surface area contributed by atoms with Crippen molar-refractivity contribution in [1.82, 2.24) is 5.32 Å². The summed E-state index contributed by atoms with van der Waals surface area (Å²) in [6, 6.07) is 10.9. The minimum atomic E-state index is -0.465. The number of nitrogens with zero attached hydrogens (tertiary/aromatic N) is 1. The van der Waals surface area contributed by atoms with Gasteiger partial charge >= 0.3 is 0 Å². The van der Waals surface area contributed by atoms with Crippen molar-refractivity contribution in [3.05, 3.63) is 29.8 Å². The van der Waals surface area contributed by atoms with Crippen LogP contribution in [0.2, 0.25) is 0 Å². The van der Waals surface area contributed by atoms with Crippen molar-refractivity contribution in [2.75, 3.05) is 12.8 Å². The first kappa shape index (κ1) is 15.1. The molecule has 1 aromatic carbocycles. The molecule has 0 fully saturated rings. The number of nitrogens with one attached hydrogen (secondary N) is 1. The van der Waals surface area contributed by atoms with E-state index in [1.807, 2.05) is 14.0 Å². The van der Waals surface area contributed by atoms with Crippen molar-refractivity contribution in [3.63, 3.8) is 0 Å². The lowest BCUT2D eigenvalue weighted by molar-refractivity contribution is 0.550. The Hall–Kier alpha value is -0.980. The minimum absolute atomic E-state index is 0.190. The SMILES string of the molecule is CNC(C)(C#N)CSc1ccc(C(C)(C)C)cc1. The second kappa shape index (κ2) is 5.77. The van der Waals surface area contributed by atoms with Crippen LogP contribution in [0, 0.1) is 11.3 Å². The monoisotopic (exact) mass is 262 g/mol. The molecular weight excluding hydrogens is 240 g/mol. The highest BCUT2D eigenvalue weighted by molar-refractivity contribution is 7.99. The first-order valence-corrected chi connectivity index (χ1v) is 7.13. The van der Waals surface area contributed by atoms with Gasteiger partial charge in [0, 0.05) is 10.6 Å². The number of benzene rings is 1. The highest BCUT2D eigenvalue weighted by Gasteiger charge is 2.21. The Morgan fingerprint density at radius 3 is 2.11 bits per heavy atom. The summed E-state index contributed by atoms with van der Waals surface area (Å²) in [4.78, 5) is 1.21. The summed E-state index contributed by atoms with van der Waals surface area (Å²) in [5.74, 6) is 0.745. The highest BCUT2D eigenvalue weighted by atomic mass is 32.2. The molecule has 1 rings (SSSR count). The molecular formula is C15H22N2S. The fraction of sp³-hybridized carbons (Fsp3) is 0.533. The van der Waals surface area contributed by atoms with Crippen LogP contribution in [0.3, 0.4) is 0 Å². The van der Waals surface area contributed by atoms with Gasteiger partial charge in [-0.05, 0) is 37.1 Å². The lowest BCUT2D eigenvalue weighted by Gasteiger charge is -2.21. The first-order chi connectivity index (χ1) is 8.30. The highest BCUT2D eigenvalue weighted by Crippen LogP contribution is 2.27. The molecule has 1 unspecified atom stereocenters. The molecule has 98 valence electrons. The molecule has 1 aromatic rings. The van der Waals surface area contributed by atoms with E-state index in [1.165, 1.54) is 10.5 Å². The van der Waals surface area contributed by atoms with Gasteiger partial charge < -0.3 is 5.32 Å². The van der Waals surface area contributed by atoms with Gasteiger partial charge in [0.25, 0.3) is 0 Å². The van der Waals surface area contributed by atoms with Gasteiger partial charge in [-0.3, -0.25) is 0 Å². The molecule has 0 saturated carbocycles. The van der Waals surface area contributed by atoms with Crippen LogP contribution in [0.15, 0.2) is 29.2 Å². The molecule has 0 radical (unpaired) electrons.